The van der Waals surface area contributed by atoms with Crippen LogP contribution in [0.2, 0.25) is 0 Å². The molecule has 1 rings (SSSR count). The number of methoxy groups -OCH3 is 1. The Labute approximate surface area is 129 Å². The summed E-state index contributed by atoms with van der Waals surface area (Å²) in [7, 11) is 2.53. The molecule has 0 heterocycles. The summed E-state index contributed by atoms with van der Waals surface area (Å²) in [5.41, 5.74) is 0. The number of rotatable bonds is 8. The van der Waals surface area contributed by atoms with Crippen LogP contribution >= 0.6 is 26.6 Å². The maximum Gasteiger partial charge on any atom is 0.264 e. The predicted octanol–water partition coefficient (Wildman–Crippen LogP) is 2.56. The molecule has 0 aliphatic rings. The van der Waals surface area contributed by atoms with Crippen LogP contribution in [-0.2, 0) is 18.5 Å². The van der Waals surface area contributed by atoms with Gasteiger partial charge >= 0.3 is 0 Å². The van der Waals surface area contributed by atoms with Gasteiger partial charge < -0.3 is 14.2 Å². The van der Waals surface area contributed by atoms with Crippen LogP contribution in [-0.4, -0.2) is 42.0 Å². The van der Waals surface area contributed by atoms with Crippen LogP contribution < -0.4 is 4.74 Å². The molecule has 0 unspecified atom stereocenters. The van der Waals surface area contributed by atoms with Gasteiger partial charge in [0.1, 0.15) is 23.1 Å². The number of benzene rings is 1. The van der Waals surface area contributed by atoms with Gasteiger partial charge in [-0.15, -0.1) is 0 Å². The van der Waals surface area contributed by atoms with Crippen LogP contribution in [0.15, 0.2) is 21.5 Å². The Morgan fingerprint density at radius 3 is 2.50 bits per heavy atom. The van der Waals surface area contributed by atoms with Crippen molar-refractivity contribution < 1.29 is 27.0 Å². The summed E-state index contributed by atoms with van der Waals surface area (Å²) < 4.78 is 51.3. The Morgan fingerprint density at radius 2 is 1.90 bits per heavy atom. The molecule has 0 aliphatic carbocycles. The van der Waals surface area contributed by atoms with Gasteiger partial charge in [-0.2, -0.15) is 0 Å². The molecular formula is C11H13BrClFO5S. The van der Waals surface area contributed by atoms with E-state index >= 15 is 0 Å². The van der Waals surface area contributed by atoms with Gasteiger partial charge in [0, 0.05) is 23.9 Å². The van der Waals surface area contributed by atoms with Crippen LogP contribution in [0.3, 0.4) is 0 Å². The van der Waals surface area contributed by atoms with E-state index < -0.39 is 19.8 Å². The fourth-order valence-electron chi connectivity index (χ4n) is 1.26. The highest BCUT2D eigenvalue weighted by Gasteiger charge is 2.19. The van der Waals surface area contributed by atoms with Crippen molar-refractivity contribution in [2.45, 2.75) is 4.90 Å². The minimum absolute atomic E-state index is 0.168. The van der Waals surface area contributed by atoms with E-state index in [4.69, 9.17) is 24.9 Å². The predicted molar refractivity (Wildman–Crippen MR) is 75.3 cm³/mol. The Bertz CT molecular complexity index is 552. The highest BCUT2D eigenvalue weighted by Crippen LogP contribution is 2.31. The molecule has 0 saturated heterocycles. The molecule has 0 saturated carbocycles. The Hall–Kier alpha value is -0.410. The SMILES string of the molecule is COCCOCCOc1cc(F)c(S(=O)(=O)Cl)cc1Br. The molecule has 5 nitrogen and oxygen atoms in total. The van der Waals surface area contributed by atoms with E-state index in [2.05, 4.69) is 15.9 Å². The molecule has 0 N–H and O–H groups in total. The molecule has 9 heteroatoms. The van der Waals surface area contributed by atoms with E-state index in [0.717, 1.165) is 12.1 Å². The van der Waals surface area contributed by atoms with E-state index in [-0.39, 0.29) is 16.8 Å². The van der Waals surface area contributed by atoms with E-state index in [1.807, 2.05) is 0 Å². The molecule has 0 fully saturated rings. The monoisotopic (exact) mass is 390 g/mol. The molecule has 1 aromatic carbocycles. The number of hydrogen-bond acceptors (Lipinski definition) is 5. The standard InChI is InChI=1S/C11H13BrClFO5S/c1-17-2-3-18-4-5-19-10-7-9(14)11(6-8(10)12)20(13,15)16/h6-7H,2-5H2,1H3. The van der Waals surface area contributed by atoms with Gasteiger partial charge in [-0.05, 0) is 22.0 Å². The van der Waals surface area contributed by atoms with Gasteiger partial charge in [0.05, 0.1) is 24.3 Å². The van der Waals surface area contributed by atoms with Crippen molar-refractivity contribution in [3.8, 4) is 5.75 Å². The summed E-state index contributed by atoms with van der Waals surface area (Å²) in [5, 5.41) is 0. The molecule has 1 aromatic rings. The van der Waals surface area contributed by atoms with Gasteiger partial charge in [0.2, 0.25) is 0 Å². The first kappa shape index (κ1) is 17.6. The lowest BCUT2D eigenvalue weighted by Crippen LogP contribution is -2.10. The first-order valence-corrected chi connectivity index (χ1v) is 8.59. The fraction of sp³-hybridized carbons (Fsp3) is 0.455. The van der Waals surface area contributed by atoms with Crippen molar-refractivity contribution in [1.82, 2.24) is 0 Å². The van der Waals surface area contributed by atoms with E-state index in [9.17, 15) is 12.8 Å². The smallest absolute Gasteiger partial charge is 0.264 e. The van der Waals surface area contributed by atoms with E-state index in [0.29, 0.717) is 19.8 Å². The van der Waals surface area contributed by atoms with Crippen molar-refractivity contribution in [3.63, 3.8) is 0 Å². The zero-order chi connectivity index (χ0) is 15.2. The zero-order valence-corrected chi connectivity index (χ0v) is 13.7. The van der Waals surface area contributed by atoms with Crippen LogP contribution in [0.1, 0.15) is 0 Å². The summed E-state index contributed by atoms with van der Waals surface area (Å²) in [6, 6.07) is 2.01. The minimum atomic E-state index is -4.14. The topological polar surface area (TPSA) is 61.8 Å². The first-order chi connectivity index (χ1) is 9.36. The second kappa shape index (κ2) is 8.14. The lowest BCUT2D eigenvalue weighted by atomic mass is 10.3. The van der Waals surface area contributed by atoms with Crippen molar-refractivity contribution in [2.75, 3.05) is 33.5 Å². The number of halogens is 3. The van der Waals surface area contributed by atoms with Crippen LogP contribution in [0.25, 0.3) is 0 Å². The third kappa shape index (κ3) is 5.53. The van der Waals surface area contributed by atoms with Gasteiger partial charge in [0.15, 0.2) is 0 Å². The summed E-state index contributed by atoms with van der Waals surface area (Å²) in [4.78, 5) is -0.602. The summed E-state index contributed by atoms with van der Waals surface area (Å²) in [5.74, 6) is -0.805. The number of ether oxygens (including phenoxy) is 3. The molecule has 0 bridgehead atoms. The molecule has 20 heavy (non-hydrogen) atoms. The average Bonchev–Trinajstić information content (AvgIpc) is 2.35. The minimum Gasteiger partial charge on any atom is -0.490 e. The number of hydrogen-bond donors (Lipinski definition) is 0. The first-order valence-electron chi connectivity index (χ1n) is 5.49. The Morgan fingerprint density at radius 1 is 1.25 bits per heavy atom. The maximum atomic E-state index is 13.6. The summed E-state index contributed by atoms with van der Waals surface area (Å²) in [6.45, 7) is 1.39. The van der Waals surface area contributed by atoms with Crippen molar-refractivity contribution in [2.24, 2.45) is 0 Å². The van der Waals surface area contributed by atoms with Gasteiger partial charge in [0.25, 0.3) is 9.05 Å². The van der Waals surface area contributed by atoms with Crippen molar-refractivity contribution in [3.05, 3.63) is 22.4 Å². The average molecular weight is 392 g/mol. The van der Waals surface area contributed by atoms with E-state index in [1.165, 1.54) is 0 Å². The third-order valence-corrected chi connectivity index (χ3v) is 4.12. The second-order valence-corrected chi connectivity index (χ2v) is 6.99. The molecule has 0 amide bonds. The fourth-order valence-corrected chi connectivity index (χ4v) is 2.78. The Balaban J connectivity index is 2.62. The molecule has 0 aromatic heterocycles. The van der Waals surface area contributed by atoms with Crippen LogP contribution in [0.5, 0.6) is 5.75 Å². The van der Waals surface area contributed by atoms with Gasteiger partial charge in [-0.1, -0.05) is 0 Å². The zero-order valence-electron chi connectivity index (χ0n) is 10.6. The highest BCUT2D eigenvalue weighted by atomic mass is 79.9. The second-order valence-electron chi connectivity index (χ2n) is 3.60. The largest absolute Gasteiger partial charge is 0.490 e. The van der Waals surface area contributed by atoms with E-state index in [1.54, 1.807) is 7.11 Å². The van der Waals surface area contributed by atoms with Gasteiger partial charge in [-0.3, -0.25) is 0 Å². The molecular weight excluding hydrogens is 379 g/mol. The quantitative estimate of drug-likeness (QED) is 0.503. The third-order valence-electron chi connectivity index (χ3n) is 2.17. The Kier molecular flexibility index (Phi) is 7.18. The molecule has 0 atom stereocenters. The lowest BCUT2D eigenvalue weighted by molar-refractivity contribution is 0.0542. The van der Waals surface area contributed by atoms with Gasteiger partial charge in [-0.25, -0.2) is 12.8 Å². The summed E-state index contributed by atoms with van der Waals surface area (Å²) >= 11 is 3.09. The molecule has 0 spiro atoms. The lowest BCUT2D eigenvalue weighted by Gasteiger charge is -2.10. The van der Waals surface area contributed by atoms with Crippen LogP contribution in [0, 0.1) is 5.82 Å². The van der Waals surface area contributed by atoms with Crippen molar-refractivity contribution in [1.29, 1.82) is 0 Å². The van der Waals surface area contributed by atoms with Crippen molar-refractivity contribution >= 4 is 35.7 Å². The van der Waals surface area contributed by atoms with Crippen LogP contribution in [0.4, 0.5) is 4.39 Å². The maximum absolute atomic E-state index is 13.6. The normalized spacial score (nSPS) is 11.6. The highest BCUT2D eigenvalue weighted by molar-refractivity contribution is 9.10. The molecule has 0 aliphatic heterocycles. The molecule has 114 valence electrons. The molecule has 0 radical (unpaired) electrons. The summed E-state index contributed by atoms with van der Waals surface area (Å²) in [6.07, 6.45) is 0.